The molecule has 9 heteroatoms. The van der Waals surface area contributed by atoms with Gasteiger partial charge in [-0.15, -0.1) is 10.2 Å². The Morgan fingerprint density at radius 2 is 2.08 bits per heavy atom. The number of phenols is 1. The number of tetrazole rings is 1. The van der Waals surface area contributed by atoms with Crippen molar-refractivity contribution in [3.8, 4) is 17.1 Å². The number of nitrogens with zero attached hydrogens (tertiary/aromatic N) is 7. The van der Waals surface area contributed by atoms with E-state index in [2.05, 4.69) is 30.8 Å². The van der Waals surface area contributed by atoms with Gasteiger partial charge < -0.3 is 10.4 Å². The number of nitrogens with one attached hydrogen (secondary N) is 1. The summed E-state index contributed by atoms with van der Waals surface area (Å²) in [6, 6.07) is 8.94. The smallest absolute Gasteiger partial charge is 0.205 e. The summed E-state index contributed by atoms with van der Waals surface area (Å²) in [5, 5.41) is 29.8. The first-order valence-corrected chi connectivity index (χ1v) is 7.79. The first-order chi connectivity index (χ1) is 12.1. The zero-order valence-electron chi connectivity index (χ0n) is 13.7. The van der Waals surface area contributed by atoms with Gasteiger partial charge in [0.1, 0.15) is 17.6 Å². The summed E-state index contributed by atoms with van der Waals surface area (Å²) in [6.07, 6.45) is 3.30. The molecule has 1 aromatic carbocycles. The lowest BCUT2D eigenvalue weighted by molar-refractivity contribution is 0.455. The highest BCUT2D eigenvalue weighted by molar-refractivity contribution is 5.75. The molecule has 2 N–H and O–H groups in total. The number of aromatic nitrogens is 7. The van der Waals surface area contributed by atoms with Crippen molar-refractivity contribution < 1.29 is 5.11 Å². The maximum Gasteiger partial charge on any atom is 0.205 e. The monoisotopic (exact) mass is 336 g/mol. The first-order valence-electron chi connectivity index (χ1n) is 7.79. The lowest BCUT2D eigenvalue weighted by atomic mass is 10.1. The molecular weight excluding hydrogens is 320 g/mol. The third-order valence-corrected chi connectivity index (χ3v) is 3.66. The Bertz CT molecular complexity index is 1040. The molecule has 0 amide bonds. The van der Waals surface area contributed by atoms with Crippen LogP contribution in [0.5, 0.6) is 5.75 Å². The first kappa shape index (κ1) is 15.1. The van der Waals surface area contributed by atoms with Gasteiger partial charge in [0.2, 0.25) is 5.82 Å². The maximum absolute atomic E-state index is 10.1. The topological polar surface area (TPSA) is 106 Å². The van der Waals surface area contributed by atoms with E-state index in [1.165, 1.54) is 11.1 Å². The van der Waals surface area contributed by atoms with Gasteiger partial charge in [-0.25, -0.2) is 9.50 Å². The Morgan fingerprint density at radius 1 is 1.20 bits per heavy atom. The fraction of sp³-hybridized carbons (Fsp3) is 0.188. The van der Waals surface area contributed by atoms with Crippen LogP contribution in [0.4, 0.5) is 11.5 Å². The number of anilines is 2. The molecule has 0 aliphatic heterocycles. The highest BCUT2D eigenvalue weighted by Crippen LogP contribution is 2.28. The quantitative estimate of drug-likeness (QED) is 0.589. The number of phenolic OH excluding ortho intramolecular Hbond substituents is 1. The summed E-state index contributed by atoms with van der Waals surface area (Å²) in [5.74, 6) is 1.18. The molecule has 3 aromatic heterocycles. The zero-order valence-corrected chi connectivity index (χ0v) is 13.7. The summed E-state index contributed by atoms with van der Waals surface area (Å²) in [5.41, 5.74) is 2.16. The van der Waals surface area contributed by atoms with Gasteiger partial charge in [0, 0.05) is 23.5 Å². The molecule has 4 rings (SSSR count). The van der Waals surface area contributed by atoms with Gasteiger partial charge in [-0.1, -0.05) is 0 Å². The zero-order chi connectivity index (χ0) is 17.4. The van der Waals surface area contributed by atoms with Crippen molar-refractivity contribution in [2.75, 3.05) is 5.32 Å². The third kappa shape index (κ3) is 2.87. The minimum Gasteiger partial charge on any atom is -0.508 e. The Morgan fingerprint density at radius 3 is 2.88 bits per heavy atom. The van der Waals surface area contributed by atoms with Gasteiger partial charge in [-0.2, -0.15) is 9.90 Å². The van der Waals surface area contributed by atoms with Crippen molar-refractivity contribution in [2.45, 2.75) is 19.9 Å². The minimum absolute atomic E-state index is 0.0985. The van der Waals surface area contributed by atoms with E-state index in [1.54, 1.807) is 16.6 Å². The molecule has 126 valence electrons. The van der Waals surface area contributed by atoms with Gasteiger partial charge in [0.25, 0.3) is 0 Å². The summed E-state index contributed by atoms with van der Waals surface area (Å²) >= 11 is 0. The molecule has 4 aromatic rings. The highest BCUT2D eigenvalue weighted by atomic mass is 16.3. The van der Waals surface area contributed by atoms with Crippen LogP contribution in [0.3, 0.4) is 0 Å². The van der Waals surface area contributed by atoms with Gasteiger partial charge in [-0.3, -0.25) is 0 Å². The fourth-order valence-corrected chi connectivity index (χ4v) is 2.47. The number of hydrogen-bond acceptors (Lipinski definition) is 7. The van der Waals surface area contributed by atoms with E-state index in [0.29, 0.717) is 22.9 Å². The van der Waals surface area contributed by atoms with Crippen LogP contribution in [0.15, 0.2) is 42.9 Å². The second-order valence-electron chi connectivity index (χ2n) is 5.87. The number of fused-ring (bicyclic) bond motifs is 1. The Labute approximate surface area is 142 Å². The molecule has 0 fully saturated rings. The molecule has 25 heavy (non-hydrogen) atoms. The summed E-state index contributed by atoms with van der Waals surface area (Å²) in [6.45, 7) is 3.94. The van der Waals surface area contributed by atoms with Crippen LogP contribution in [-0.2, 0) is 0 Å². The van der Waals surface area contributed by atoms with E-state index in [4.69, 9.17) is 0 Å². The van der Waals surface area contributed by atoms with Crippen LogP contribution in [0.2, 0.25) is 0 Å². The number of hydrogen-bond donors (Lipinski definition) is 2. The molecule has 0 radical (unpaired) electrons. The van der Waals surface area contributed by atoms with E-state index in [0.717, 1.165) is 5.52 Å². The van der Waals surface area contributed by atoms with Crippen molar-refractivity contribution in [3.05, 3.63) is 42.9 Å². The second kappa shape index (κ2) is 5.86. The molecule has 9 nitrogen and oxygen atoms in total. The lowest BCUT2D eigenvalue weighted by Gasteiger charge is -2.09. The molecule has 0 atom stereocenters. The number of aromatic hydroxyl groups is 1. The Kier molecular flexibility index (Phi) is 3.53. The highest BCUT2D eigenvalue weighted by Gasteiger charge is 2.11. The SMILES string of the molecule is CC(C)n1nnc(-c2cc(O)cc(Nc3ncnn4cccc34)c2)n1. The van der Waals surface area contributed by atoms with Gasteiger partial charge in [0.15, 0.2) is 5.82 Å². The molecule has 0 bridgehead atoms. The van der Waals surface area contributed by atoms with Crippen molar-refractivity contribution in [1.29, 1.82) is 0 Å². The van der Waals surface area contributed by atoms with Crippen molar-refractivity contribution in [2.24, 2.45) is 0 Å². The second-order valence-corrected chi connectivity index (χ2v) is 5.87. The number of benzene rings is 1. The molecule has 0 saturated carbocycles. The van der Waals surface area contributed by atoms with Crippen LogP contribution in [0.25, 0.3) is 16.9 Å². The largest absolute Gasteiger partial charge is 0.508 e. The molecule has 0 spiro atoms. The molecule has 0 aliphatic carbocycles. The van der Waals surface area contributed by atoms with Crippen LogP contribution >= 0.6 is 0 Å². The van der Waals surface area contributed by atoms with Crippen molar-refractivity contribution >= 4 is 17.0 Å². The van der Waals surface area contributed by atoms with Crippen molar-refractivity contribution in [3.63, 3.8) is 0 Å². The van der Waals surface area contributed by atoms with Crippen LogP contribution in [0.1, 0.15) is 19.9 Å². The summed E-state index contributed by atoms with van der Waals surface area (Å²) < 4.78 is 1.72. The standard InChI is InChI=1S/C16H16N8O/c1-10(2)24-21-15(20-22-24)11-6-12(8-13(25)7-11)19-16-14-4-3-5-23(14)18-9-17-16/h3-10,25H,1-2H3,(H,17,18,19). The Balaban J connectivity index is 1.71. The van der Waals surface area contributed by atoms with E-state index in [1.807, 2.05) is 38.2 Å². The average molecular weight is 336 g/mol. The normalized spacial score (nSPS) is 11.3. The minimum atomic E-state index is 0.0985. The van der Waals surface area contributed by atoms with E-state index < -0.39 is 0 Å². The van der Waals surface area contributed by atoms with E-state index >= 15 is 0 Å². The molecular formula is C16H16N8O. The van der Waals surface area contributed by atoms with Crippen molar-refractivity contribution in [1.82, 2.24) is 34.8 Å². The maximum atomic E-state index is 10.1. The molecule has 0 saturated heterocycles. The van der Waals surface area contributed by atoms with E-state index in [-0.39, 0.29) is 11.8 Å². The van der Waals surface area contributed by atoms with Crippen LogP contribution in [-0.4, -0.2) is 39.9 Å². The van der Waals surface area contributed by atoms with Gasteiger partial charge in [0.05, 0.1) is 6.04 Å². The third-order valence-electron chi connectivity index (χ3n) is 3.66. The van der Waals surface area contributed by atoms with Crippen LogP contribution < -0.4 is 5.32 Å². The predicted octanol–water partition coefficient (Wildman–Crippen LogP) is 2.41. The molecule has 0 unspecified atom stereocenters. The average Bonchev–Trinajstić information content (AvgIpc) is 3.24. The van der Waals surface area contributed by atoms with Gasteiger partial charge >= 0.3 is 0 Å². The summed E-state index contributed by atoms with van der Waals surface area (Å²) in [7, 11) is 0. The number of rotatable bonds is 4. The molecule has 0 aliphatic rings. The predicted molar refractivity (Wildman–Crippen MR) is 91.6 cm³/mol. The van der Waals surface area contributed by atoms with E-state index in [9.17, 15) is 5.11 Å². The molecule has 3 heterocycles. The van der Waals surface area contributed by atoms with Crippen LogP contribution in [0, 0.1) is 0 Å². The lowest BCUT2D eigenvalue weighted by Crippen LogP contribution is -2.04. The van der Waals surface area contributed by atoms with Gasteiger partial charge in [-0.05, 0) is 43.3 Å². The summed E-state index contributed by atoms with van der Waals surface area (Å²) in [4.78, 5) is 5.79. The fourth-order valence-electron chi connectivity index (χ4n) is 2.47. The Hall–Kier alpha value is -3.49.